The number of rotatable bonds is 5. The molecule has 6 heteroatoms. The molecule has 0 saturated heterocycles. The van der Waals surface area contributed by atoms with Crippen LogP contribution in [0.5, 0.6) is 0 Å². The first-order valence-electron chi connectivity index (χ1n) is 5.02. The Morgan fingerprint density at radius 3 is 2.56 bits per heavy atom. The minimum atomic E-state index is -3.17. The van der Waals surface area contributed by atoms with Crippen LogP contribution in [0, 0.1) is 6.92 Å². The summed E-state index contributed by atoms with van der Waals surface area (Å²) in [7, 11) is -3.17. The van der Waals surface area contributed by atoms with Crippen molar-refractivity contribution in [2.24, 2.45) is 0 Å². The zero-order valence-electron chi connectivity index (χ0n) is 9.73. The van der Waals surface area contributed by atoms with Gasteiger partial charge in [-0.25, -0.2) is 13.4 Å². The van der Waals surface area contributed by atoms with E-state index < -0.39 is 15.4 Å². The van der Waals surface area contributed by atoms with E-state index >= 15 is 0 Å². The van der Waals surface area contributed by atoms with E-state index in [1.165, 1.54) is 11.3 Å². The van der Waals surface area contributed by atoms with Crippen LogP contribution in [-0.2, 0) is 15.6 Å². The number of aliphatic hydroxyl groups is 1. The van der Waals surface area contributed by atoms with Gasteiger partial charge in [-0.1, -0.05) is 0 Å². The Morgan fingerprint density at radius 2 is 2.12 bits per heavy atom. The van der Waals surface area contributed by atoms with Crippen LogP contribution in [0.2, 0.25) is 0 Å². The summed E-state index contributed by atoms with van der Waals surface area (Å²) in [6, 6.07) is 0. The van der Waals surface area contributed by atoms with Gasteiger partial charge in [-0.3, -0.25) is 0 Å². The molecule has 4 nitrogen and oxygen atoms in total. The Balaban J connectivity index is 2.59. The predicted molar refractivity (Wildman–Crippen MR) is 65.3 cm³/mol. The fraction of sp³-hybridized carbons (Fsp3) is 0.700. The molecule has 0 aliphatic carbocycles. The molecule has 0 atom stereocenters. The summed E-state index contributed by atoms with van der Waals surface area (Å²) in [4.78, 5) is 4.12. The first-order chi connectivity index (χ1) is 7.18. The lowest BCUT2D eigenvalue weighted by Gasteiger charge is -2.16. The van der Waals surface area contributed by atoms with E-state index in [2.05, 4.69) is 4.98 Å². The lowest BCUT2D eigenvalue weighted by atomic mass is 10.1. The number of hydrogen-bond acceptors (Lipinski definition) is 5. The van der Waals surface area contributed by atoms with E-state index in [9.17, 15) is 13.5 Å². The Hall–Kier alpha value is -0.460. The molecule has 92 valence electrons. The van der Waals surface area contributed by atoms with Crippen molar-refractivity contribution in [3.05, 3.63) is 16.1 Å². The van der Waals surface area contributed by atoms with Crippen LogP contribution in [0.25, 0.3) is 0 Å². The molecule has 0 unspecified atom stereocenters. The second-order valence-electron chi connectivity index (χ2n) is 4.51. The average molecular weight is 263 g/mol. The summed E-state index contributed by atoms with van der Waals surface area (Å²) < 4.78 is 23.4. The molecule has 0 bridgehead atoms. The lowest BCUT2D eigenvalue weighted by molar-refractivity contribution is 0.0772. The van der Waals surface area contributed by atoms with Crippen molar-refractivity contribution in [3.8, 4) is 0 Å². The third-order valence-corrected chi connectivity index (χ3v) is 4.44. The second-order valence-corrected chi connectivity index (χ2v) is 7.76. The summed E-state index contributed by atoms with van der Waals surface area (Å²) >= 11 is 1.44. The highest BCUT2D eigenvalue weighted by molar-refractivity contribution is 7.90. The van der Waals surface area contributed by atoms with Crippen LogP contribution < -0.4 is 0 Å². The molecule has 0 radical (unpaired) electrons. The van der Waals surface area contributed by atoms with Crippen LogP contribution in [0.4, 0.5) is 0 Å². The van der Waals surface area contributed by atoms with Gasteiger partial charge in [0.25, 0.3) is 0 Å². The molecule has 0 aromatic carbocycles. The maximum absolute atomic E-state index is 11.7. The number of aryl methyl sites for hydroxylation is 1. The van der Waals surface area contributed by atoms with E-state index in [0.29, 0.717) is 5.69 Å². The van der Waals surface area contributed by atoms with Gasteiger partial charge < -0.3 is 5.11 Å². The van der Waals surface area contributed by atoms with Gasteiger partial charge in [0.2, 0.25) is 0 Å². The normalized spacial score (nSPS) is 13.0. The van der Waals surface area contributed by atoms with Gasteiger partial charge in [-0.15, -0.1) is 11.3 Å². The van der Waals surface area contributed by atoms with Crippen LogP contribution >= 0.6 is 11.3 Å². The minimum Gasteiger partial charge on any atom is -0.390 e. The highest BCUT2D eigenvalue weighted by Crippen LogP contribution is 2.14. The number of hydrogen-bond donors (Lipinski definition) is 1. The molecule has 0 aliphatic heterocycles. The highest BCUT2D eigenvalue weighted by Gasteiger charge is 2.20. The van der Waals surface area contributed by atoms with Crippen molar-refractivity contribution in [3.63, 3.8) is 0 Å². The summed E-state index contributed by atoms with van der Waals surface area (Å²) in [5.74, 6) is -0.0412. The maximum Gasteiger partial charge on any atom is 0.156 e. The van der Waals surface area contributed by atoms with E-state index in [1.54, 1.807) is 19.2 Å². The molecule has 1 rings (SSSR count). The smallest absolute Gasteiger partial charge is 0.156 e. The van der Waals surface area contributed by atoms with Crippen molar-refractivity contribution in [2.45, 2.75) is 38.5 Å². The monoisotopic (exact) mass is 263 g/mol. The maximum atomic E-state index is 11.7. The molecule has 16 heavy (non-hydrogen) atoms. The molecule has 1 N–H and O–H groups in total. The van der Waals surface area contributed by atoms with Crippen molar-refractivity contribution < 1.29 is 13.5 Å². The number of sulfone groups is 1. The number of thiazole rings is 1. The fourth-order valence-electron chi connectivity index (χ4n) is 1.18. The van der Waals surface area contributed by atoms with E-state index in [1.807, 2.05) is 6.92 Å². The Bertz CT molecular complexity index is 443. The van der Waals surface area contributed by atoms with Gasteiger partial charge in [0.05, 0.1) is 27.8 Å². The molecular weight excluding hydrogens is 246 g/mol. The average Bonchev–Trinajstić information content (AvgIpc) is 2.46. The first kappa shape index (κ1) is 13.6. The third kappa shape index (κ3) is 5.05. The van der Waals surface area contributed by atoms with Crippen molar-refractivity contribution in [1.82, 2.24) is 4.98 Å². The van der Waals surface area contributed by atoms with Crippen molar-refractivity contribution in [1.29, 1.82) is 0 Å². The molecule has 0 fully saturated rings. The molecule has 1 aromatic rings. The Kier molecular flexibility index (Phi) is 4.09. The summed E-state index contributed by atoms with van der Waals surface area (Å²) in [5.41, 5.74) is -0.344. The largest absolute Gasteiger partial charge is 0.390 e. The number of aromatic nitrogens is 1. The van der Waals surface area contributed by atoms with Crippen LogP contribution in [-0.4, -0.2) is 29.9 Å². The topological polar surface area (TPSA) is 67.3 Å². The lowest BCUT2D eigenvalue weighted by Crippen LogP contribution is -2.24. The minimum absolute atomic E-state index is 0.00687. The molecule has 1 aromatic heterocycles. The molecule has 0 aliphatic rings. The Labute approximate surface area is 100 Å². The van der Waals surface area contributed by atoms with E-state index in [0.717, 1.165) is 5.01 Å². The molecule has 1 heterocycles. The quantitative estimate of drug-likeness (QED) is 0.874. The first-order valence-corrected chi connectivity index (χ1v) is 7.72. The van der Waals surface area contributed by atoms with Crippen molar-refractivity contribution >= 4 is 21.2 Å². The van der Waals surface area contributed by atoms with Crippen LogP contribution in [0.1, 0.15) is 31.0 Å². The predicted octanol–water partition coefficient (Wildman–Crippen LogP) is 1.53. The Morgan fingerprint density at radius 1 is 1.50 bits per heavy atom. The summed E-state index contributed by atoms with van der Waals surface area (Å²) in [6.07, 6.45) is 0.248. The van der Waals surface area contributed by atoms with Crippen LogP contribution in [0.3, 0.4) is 0 Å². The molecular formula is C10H17NO3S2. The van der Waals surface area contributed by atoms with Gasteiger partial charge in [-0.05, 0) is 27.2 Å². The van der Waals surface area contributed by atoms with Gasteiger partial charge in [0, 0.05) is 5.38 Å². The standard InChI is InChI=1S/C10H17NO3S2/c1-8-11-9(6-15-8)7-16(13,14)5-4-10(2,3)12/h6,12H,4-5,7H2,1-3H3. The van der Waals surface area contributed by atoms with Gasteiger partial charge >= 0.3 is 0 Å². The summed E-state index contributed by atoms with van der Waals surface area (Å²) in [5, 5.41) is 12.1. The molecule has 0 saturated carbocycles. The van der Waals surface area contributed by atoms with Crippen LogP contribution in [0.15, 0.2) is 5.38 Å². The fourth-order valence-corrected chi connectivity index (χ4v) is 3.45. The van der Waals surface area contributed by atoms with Crippen molar-refractivity contribution in [2.75, 3.05) is 5.75 Å². The SMILES string of the molecule is Cc1nc(CS(=O)(=O)CCC(C)(C)O)cs1. The van der Waals surface area contributed by atoms with Gasteiger partial charge in [0.15, 0.2) is 9.84 Å². The van der Waals surface area contributed by atoms with E-state index in [-0.39, 0.29) is 17.9 Å². The van der Waals surface area contributed by atoms with Gasteiger partial charge in [0.1, 0.15) is 0 Å². The van der Waals surface area contributed by atoms with Gasteiger partial charge in [-0.2, -0.15) is 0 Å². The molecule has 0 spiro atoms. The zero-order valence-corrected chi connectivity index (χ0v) is 11.4. The second kappa shape index (κ2) is 4.81. The molecule has 0 amide bonds. The zero-order chi connectivity index (χ0) is 12.4. The highest BCUT2D eigenvalue weighted by atomic mass is 32.2. The third-order valence-electron chi connectivity index (χ3n) is 2.06. The summed E-state index contributed by atoms with van der Waals surface area (Å²) in [6.45, 7) is 5.06. The van der Waals surface area contributed by atoms with E-state index in [4.69, 9.17) is 0 Å². The number of nitrogens with zero attached hydrogens (tertiary/aromatic N) is 1.